The molecule has 8 unspecified atom stereocenters. The van der Waals surface area contributed by atoms with Crippen LogP contribution in [0.25, 0.3) is 11.3 Å². The largest absolute Gasteiger partial charge is 0.289 e. The number of aromatic nitrogens is 2. The molecule has 5 heteroatoms. The van der Waals surface area contributed by atoms with Gasteiger partial charge in [0.2, 0.25) is 0 Å². The van der Waals surface area contributed by atoms with Gasteiger partial charge < -0.3 is 0 Å². The first-order valence-electron chi connectivity index (χ1n) is 21.8. The highest BCUT2D eigenvalue weighted by atomic mass is 28.3. The van der Waals surface area contributed by atoms with E-state index < -0.39 is 8.07 Å². The van der Waals surface area contributed by atoms with E-state index in [0.29, 0.717) is 11.8 Å². The summed E-state index contributed by atoms with van der Waals surface area (Å²) in [6.45, 7) is 17.2. The van der Waals surface area contributed by atoms with Crippen LogP contribution in [0.15, 0.2) is 79.0 Å². The maximum Gasteiger partial charge on any atom is 0.0804 e. The first kappa shape index (κ1) is 35.3. The van der Waals surface area contributed by atoms with Crippen molar-refractivity contribution >= 4 is 13.3 Å². The molecule has 0 amide bonds. The highest BCUT2D eigenvalue weighted by molar-refractivity contribution is 6.89. The Kier molecular flexibility index (Phi) is 8.65. The molecule has 54 heavy (non-hydrogen) atoms. The first-order valence-corrected chi connectivity index (χ1v) is 25.3. The van der Waals surface area contributed by atoms with E-state index in [2.05, 4.69) is 122 Å². The van der Waals surface area contributed by atoms with Crippen molar-refractivity contribution in [2.75, 3.05) is 13.1 Å². The number of piperidine rings is 2. The molecule has 4 fully saturated rings. The number of benzene rings is 2. The zero-order chi connectivity index (χ0) is 36.8. The Morgan fingerprint density at radius 3 is 1.74 bits per heavy atom. The van der Waals surface area contributed by atoms with E-state index in [-0.39, 0.29) is 11.1 Å². The average Bonchev–Trinajstić information content (AvgIpc) is 3.15. The number of hydrogen-bond donors (Lipinski definition) is 0. The summed E-state index contributed by atoms with van der Waals surface area (Å²) in [6, 6.07) is 28.0. The normalized spacial score (nSPS) is 33.3. The van der Waals surface area contributed by atoms with Gasteiger partial charge in [0.05, 0.1) is 24.8 Å². The Bertz CT molecular complexity index is 2020. The Morgan fingerprint density at radius 1 is 0.685 bits per heavy atom. The highest BCUT2D eigenvalue weighted by Gasteiger charge is 2.59. The maximum atomic E-state index is 5.97. The minimum absolute atomic E-state index is 0.0555. The van der Waals surface area contributed by atoms with E-state index in [0.717, 1.165) is 49.6 Å². The molecule has 4 aromatic rings. The molecule has 4 heterocycles. The van der Waals surface area contributed by atoms with Gasteiger partial charge in [0.1, 0.15) is 0 Å². The van der Waals surface area contributed by atoms with Crippen molar-refractivity contribution in [1.29, 1.82) is 0 Å². The number of nitrogens with zero attached hydrogens (tertiary/aromatic N) is 4. The second kappa shape index (κ2) is 13.2. The summed E-state index contributed by atoms with van der Waals surface area (Å²) in [5.41, 5.74) is 11.5. The van der Waals surface area contributed by atoms with Crippen LogP contribution in [0, 0.1) is 35.5 Å². The second-order valence-corrected chi connectivity index (χ2v) is 25.1. The van der Waals surface area contributed by atoms with E-state index in [9.17, 15) is 0 Å². The summed E-state index contributed by atoms with van der Waals surface area (Å²) in [5, 5.41) is 1.54. The van der Waals surface area contributed by atoms with Crippen LogP contribution >= 0.6 is 0 Å². The van der Waals surface area contributed by atoms with Gasteiger partial charge in [-0.3, -0.25) is 19.8 Å². The van der Waals surface area contributed by atoms with Gasteiger partial charge >= 0.3 is 0 Å². The molecule has 0 radical (unpaired) electrons. The summed E-state index contributed by atoms with van der Waals surface area (Å²) in [5.74, 6) is 4.35. The monoisotopic (exact) mass is 734 g/mol. The van der Waals surface area contributed by atoms with Gasteiger partial charge in [0.25, 0.3) is 0 Å². The minimum Gasteiger partial charge on any atom is -0.289 e. The smallest absolute Gasteiger partial charge is 0.0804 e. The van der Waals surface area contributed by atoms with Crippen molar-refractivity contribution in [3.05, 3.63) is 113 Å². The van der Waals surface area contributed by atoms with Gasteiger partial charge in [0, 0.05) is 36.2 Å². The molecule has 282 valence electrons. The molecule has 0 spiro atoms. The van der Waals surface area contributed by atoms with E-state index in [4.69, 9.17) is 9.97 Å². The van der Waals surface area contributed by atoms with Gasteiger partial charge in [-0.15, -0.1) is 0 Å². The predicted octanol–water partition coefficient (Wildman–Crippen LogP) is 10.1. The summed E-state index contributed by atoms with van der Waals surface area (Å²) < 4.78 is 0. The zero-order valence-corrected chi connectivity index (χ0v) is 34.7. The maximum absolute atomic E-state index is 5.97. The van der Waals surface area contributed by atoms with Crippen LogP contribution in [-0.2, 0) is 37.0 Å². The second-order valence-electron chi connectivity index (χ2n) is 20.0. The molecule has 2 saturated heterocycles. The van der Waals surface area contributed by atoms with Gasteiger partial charge in [-0.05, 0) is 146 Å². The van der Waals surface area contributed by atoms with Crippen LogP contribution in [0.4, 0.5) is 0 Å². The summed E-state index contributed by atoms with van der Waals surface area (Å²) >= 11 is 0. The number of pyridine rings is 2. The number of rotatable bonds is 6. The van der Waals surface area contributed by atoms with E-state index in [1.165, 1.54) is 98.2 Å². The molecule has 10 rings (SSSR count). The van der Waals surface area contributed by atoms with Crippen LogP contribution in [0.1, 0.15) is 98.9 Å². The minimum atomic E-state index is -1.83. The molecule has 2 aliphatic heterocycles. The van der Waals surface area contributed by atoms with Crippen LogP contribution in [-0.4, -0.2) is 40.9 Å². The van der Waals surface area contributed by atoms with Crippen LogP contribution in [0.2, 0.25) is 19.6 Å². The topological polar surface area (TPSA) is 32.3 Å². The van der Waals surface area contributed by atoms with E-state index in [1.54, 1.807) is 16.3 Å². The highest BCUT2D eigenvalue weighted by Crippen LogP contribution is 2.61. The number of fused-ring (bicyclic) bond motifs is 2. The lowest BCUT2D eigenvalue weighted by atomic mass is 9.53. The fraction of sp³-hybridized carbons (Fsp3) is 0.551. The molecule has 4 bridgehead atoms. The molecule has 2 aromatic heterocycles. The van der Waals surface area contributed by atoms with Gasteiger partial charge in [0.15, 0.2) is 0 Å². The number of likely N-dealkylation sites (tertiary alicyclic amines) is 2. The van der Waals surface area contributed by atoms with Crippen molar-refractivity contribution in [3.8, 4) is 11.3 Å². The Balaban J connectivity index is 1.13. The molecular formula is C49H62N4Si. The Labute approximate surface area is 326 Å². The quantitative estimate of drug-likeness (QED) is 0.185. The van der Waals surface area contributed by atoms with Crippen molar-refractivity contribution in [1.82, 2.24) is 19.8 Å². The van der Waals surface area contributed by atoms with Crippen LogP contribution in [0.5, 0.6) is 0 Å². The van der Waals surface area contributed by atoms with Gasteiger partial charge in [-0.25, -0.2) is 0 Å². The zero-order valence-electron chi connectivity index (χ0n) is 33.7. The lowest BCUT2D eigenvalue weighted by molar-refractivity contribution is -0.0968. The molecule has 2 saturated carbocycles. The fourth-order valence-electron chi connectivity index (χ4n) is 13.7. The first-order chi connectivity index (χ1) is 26.1. The molecule has 4 aliphatic carbocycles. The average molecular weight is 735 g/mol. The van der Waals surface area contributed by atoms with Crippen molar-refractivity contribution in [2.45, 2.75) is 122 Å². The summed E-state index contributed by atoms with van der Waals surface area (Å²) in [7, 11) is -1.83. The van der Waals surface area contributed by atoms with Gasteiger partial charge in [-0.1, -0.05) is 100 Å². The third kappa shape index (κ3) is 5.57. The molecule has 4 nitrogen and oxygen atoms in total. The third-order valence-electron chi connectivity index (χ3n) is 15.5. The molecule has 6 aliphatic rings. The van der Waals surface area contributed by atoms with Crippen molar-refractivity contribution in [2.24, 2.45) is 35.5 Å². The van der Waals surface area contributed by atoms with Crippen molar-refractivity contribution in [3.63, 3.8) is 0 Å². The standard InChI is InChI=1S/C49H62N4Si/c1-33-22-37-25-44-42(48(28-33)40(37)18-12-20-52(48)31-35-14-8-6-9-15-35)24-39(30-50-44)47-46(54(3,4)5)27-43-45(51-47)26-38-23-34(2)29-49(43)41(38)19-13-21-53(49)32-36-16-10-7-11-17-36/h6-11,14-17,24,27,30,33-34,37-38,40-41H,12-13,18-23,25-26,28-29,31-32H2,1-5H3. The molecular weight excluding hydrogens is 673 g/mol. The SMILES string of the molecule is CC1CC2Cc3ncc(-c4nc5c(cc4[Si](C)(C)C)C46CC(C)CC(C5)C4CCCN6Cc4ccccc4)cc3C3(C1)C2CCCN3Cc1ccccc1. The molecule has 2 aromatic carbocycles. The molecule has 0 N–H and O–H groups in total. The summed E-state index contributed by atoms with van der Waals surface area (Å²) in [6.07, 6.45) is 15.1. The van der Waals surface area contributed by atoms with Crippen LogP contribution < -0.4 is 5.19 Å². The molecule has 8 atom stereocenters. The van der Waals surface area contributed by atoms with E-state index in [1.807, 2.05) is 0 Å². The predicted molar refractivity (Wildman–Crippen MR) is 224 cm³/mol. The van der Waals surface area contributed by atoms with Crippen LogP contribution in [0.3, 0.4) is 0 Å². The van der Waals surface area contributed by atoms with Crippen molar-refractivity contribution < 1.29 is 0 Å². The lowest BCUT2D eigenvalue weighted by Gasteiger charge is -2.62. The Hall–Kier alpha value is -3.12. The van der Waals surface area contributed by atoms with E-state index >= 15 is 0 Å². The summed E-state index contributed by atoms with van der Waals surface area (Å²) in [4.78, 5) is 17.3. The Morgan fingerprint density at radius 2 is 1.20 bits per heavy atom. The third-order valence-corrected chi connectivity index (χ3v) is 17.5. The van der Waals surface area contributed by atoms with Gasteiger partial charge in [-0.2, -0.15) is 0 Å². The lowest BCUT2D eigenvalue weighted by Crippen LogP contribution is -2.62. The fourth-order valence-corrected chi connectivity index (χ4v) is 15.2. The number of hydrogen-bond acceptors (Lipinski definition) is 4.